The molecule has 2 aliphatic rings. The van der Waals surface area contributed by atoms with Crippen molar-refractivity contribution in [1.29, 1.82) is 0 Å². The van der Waals surface area contributed by atoms with Gasteiger partial charge in [0.15, 0.2) is 0 Å². The summed E-state index contributed by atoms with van der Waals surface area (Å²) in [6.07, 6.45) is 5.93. The Morgan fingerprint density at radius 2 is 2.00 bits per heavy atom. The molecule has 0 bridgehead atoms. The quantitative estimate of drug-likeness (QED) is 0.884. The largest absolute Gasteiger partial charge is 0.368 e. The Balaban J connectivity index is 1.62. The van der Waals surface area contributed by atoms with Gasteiger partial charge in [-0.2, -0.15) is 0 Å². The smallest absolute Gasteiger partial charge is 0.234 e. The first-order valence-electron chi connectivity index (χ1n) is 8.55. The maximum atomic E-state index is 12.5. The van der Waals surface area contributed by atoms with Crippen molar-refractivity contribution in [2.75, 3.05) is 13.1 Å². The summed E-state index contributed by atoms with van der Waals surface area (Å²) in [6.45, 7) is 1.02. The van der Waals surface area contributed by atoms with E-state index in [1.54, 1.807) is 0 Å². The summed E-state index contributed by atoms with van der Waals surface area (Å²) in [6, 6.07) is 8.11. The van der Waals surface area contributed by atoms with Crippen molar-refractivity contribution in [3.8, 4) is 0 Å². The summed E-state index contributed by atoms with van der Waals surface area (Å²) < 4.78 is 0. The van der Waals surface area contributed by atoms with E-state index in [0.717, 1.165) is 45.1 Å². The molecule has 2 atom stereocenters. The van der Waals surface area contributed by atoms with Gasteiger partial charge >= 0.3 is 0 Å². The number of carbonyl (C=O) groups is 2. The molecule has 1 aliphatic heterocycles. The lowest BCUT2D eigenvalue weighted by atomic mass is 9.88. The number of nitrogens with two attached hydrogens (primary N) is 1. The fraction of sp³-hybridized carbons (Fsp3) is 0.556. The van der Waals surface area contributed by atoms with Crippen LogP contribution < -0.4 is 11.1 Å². The zero-order valence-electron chi connectivity index (χ0n) is 13.5. The minimum atomic E-state index is -0.319. The number of likely N-dealkylation sites (tertiary alicyclic amines) is 1. The van der Waals surface area contributed by atoms with Crippen molar-refractivity contribution in [3.05, 3.63) is 35.4 Å². The number of nitrogens with zero attached hydrogens (tertiary/aromatic N) is 1. The third kappa shape index (κ3) is 3.72. The second-order valence-electron chi connectivity index (χ2n) is 6.60. The third-order valence-corrected chi connectivity index (χ3v) is 4.99. The fourth-order valence-corrected chi connectivity index (χ4v) is 3.83. The van der Waals surface area contributed by atoms with Crippen LogP contribution in [-0.4, -0.2) is 35.8 Å². The van der Waals surface area contributed by atoms with Gasteiger partial charge in [0.25, 0.3) is 0 Å². The van der Waals surface area contributed by atoms with E-state index < -0.39 is 0 Å². The lowest BCUT2D eigenvalue weighted by Crippen LogP contribution is -2.51. The Morgan fingerprint density at radius 1 is 1.17 bits per heavy atom. The maximum absolute atomic E-state index is 12.5. The molecule has 2 amide bonds. The molecule has 0 aromatic heterocycles. The average Bonchev–Trinajstić information content (AvgIpc) is 2.55. The Kier molecular flexibility index (Phi) is 4.96. The van der Waals surface area contributed by atoms with Crippen molar-refractivity contribution in [2.45, 2.75) is 50.6 Å². The van der Waals surface area contributed by atoms with Crippen molar-refractivity contribution in [1.82, 2.24) is 10.2 Å². The van der Waals surface area contributed by atoms with Gasteiger partial charge in [-0.1, -0.05) is 30.7 Å². The molecule has 124 valence electrons. The molecule has 5 heteroatoms. The summed E-state index contributed by atoms with van der Waals surface area (Å²) in [5.41, 5.74) is 8.03. The topological polar surface area (TPSA) is 75.4 Å². The number of rotatable bonds is 4. The number of piperidine rings is 1. The highest BCUT2D eigenvalue weighted by Crippen LogP contribution is 2.29. The van der Waals surface area contributed by atoms with E-state index in [2.05, 4.69) is 17.4 Å². The second-order valence-corrected chi connectivity index (χ2v) is 6.60. The number of carbonyl (C=O) groups excluding carboxylic acids is 2. The van der Waals surface area contributed by atoms with Crippen LogP contribution in [0.1, 0.15) is 49.3 Å². The first-order chi connectivity index (χ1) is 11.1. The van der Waals surface area contributed by atoms with Crippen molar-refractivity contribution < 1.29 is 9.59 Å². The second kappa shape index (κ2) is 7.13. The van der Waals surface area contributed by atoms with E-state index in [4.69, 9.17) is 5.73 Å². The highest BCUT2D eigenvalue weighted by atomic mass is 16.2. The molecule has 23 heavy (non-hydrogen) atoms. The van der Waals surface area contributed by atoms with E-state index in [-0.39, 0.29) is 30.4 Å². The standard InChI is InChI=1S/C18H25N3O2/c19-18(23)16-10-3-4-11-21(16)12-17(22)20-15-9-5-7-13-6-1-2-8-14(13)15/h1-2,6,8,15-16H,3-5,7,9-12H2,(H2,19,23)(H,20,22)/t15-,16-/m1/s1. The molecule has 1 fully saturated rings. The molecule has 5 nitrogen and oxygen atoms in total. The zero-order valence-corrected chi connectivity index (χ0v) is 13.5. The Hall–Kier alpha value is -1.88. The molecular weight excluding hydrogens is 290 g/mol. The summed E-state index contributed by atoms with van der Waals surface area (Å²) in [5, 5.41) is 3.15. The van der Waals surface area contributed by atoms with Gasteiger partial charge in [-0.05, 0) is 49.8 Å². The summed E-state index contributed by atoms with van der Waals surface area (Å²) >= 11 is 0. The van der Waals surface area contributed by atoms with Crippen molar-refractivity contribution in [3.63, 3.8) is 0 Å². The van der Waals surface area contributed by atoms with Crippen LogP contribution in [-0.2, 0) is 16.0 Å². The van der Waals surface area contributed by atoms with Crippen LogP contribution >= 0.6 is 0 Å². The SMILES string of the molecule is NC(=O)[C@H]1CCCCN1CC(=O)N[C@@H]1CCCc2ccccc21. The van der Waals surface area contributed by atoms with Gasteiger partial charge in [-0.15, -0.1) is 0 Å². The van der Waals surface area contributed by atoms with E-state index in [0.29, 0.717) is 0 Å². The average molecular weight is 315 g/mol. The Bertz CT molecular complexity index is 587. The van der Waals surface area contributed by atoms with E-state index in [9.17, 15) is 9.59 Å². The number of aryl methyl sites for hydroxylation is 1. The predicted octanol–water partition coefficient (Wildman–Crippen LogP) is 1.52. The predicted molar refractivity (Wildman–Crippen MR) is 88.7 cm³/mol. The Morgan fingerprint density at radius 3 is 2.83 bits per heavy atom. The lowest BCUT2D eigenvalue weighted by molar-refractivity contribution is -0.128. The van der Waals surface area contributed by atoms with Crippen LogP contribution in [0.5, 0.6) is 0 Å². The molecule has 0 radical (unpaired) electrons. The normalized spacial score (nSPS) is 24.7. The number of hydrogen-bond donors (Lipinski definition) is 2. The molecule has 1 aromatic rings. The first kappa shape index (κ1) is 16.0. The summed E-state index contributed by atoms with van der Waals surface area (Å²) in [4.78, 5) is 25.9. The number of hydrogen-bond acceptors (Lipinski definition) is 3. The van der Waals surface area contributed by atoms with Crippen LogP contribution in [0.15, 0.2) is 24.3 Å². The number of benzene rings is 1. The monoisotopic (exact) mass is 315 g/mol. The third-order valence-electron chi connectivity index (χ3n) is 4.99. The van der Waals surface area contributed by atoms with Crippen LogP contribution in [0.3, 0.4) is 0 Å². The van der Waals surface area contributed by atoms with Crippen LogP contribution in [0.25, 0.3) is 0 Å². The molecule has 1 aromatic carbocycles. The van der Waals surface area contributed by atoms with Gasteiger partial charge in [-0.3, -0.25) is 14.5 Å². The molecule has 3 N–H and O–H groups in total. The van der Waals surface area contributed by atoms with E-state index >= 15 is 0 Å². The van der Waals surface area contributed by atoms with E-state index in [1.165, 1.54) is 11.1 Å². The molecule has 0 spiro atoms. The highest BCUT2D eigenvalue weighted by molar-refractivity contribution is 5.82. The molecule has 3 rings (SSSR count). The minimum Gasteiger partial charge on any atom is -0.368 e. The maximum Gasteiger partial charge on any atom is 0.234 e. The van der Waals surface area contributed by atoms with Gasteiger partial charge in [0, 0.05) is 0 Å². The first-order valence-corrected chi connectivity index (χ1v) is 8.55. The van der Waals surface area contributed by atoms with Crippen LogP contribution in [0.4, 0.5) is 0 Å². The molecule has 1 aliphatic carbocycles. The molecule has 0 saturated carbocycles. The summed E-state index contributed by atoms with van der Waals surface area (Å²) in [7, 11) is 0. The van der Waals surface area contributed by atoms with E-state index in [1.807, 2.05) is 17.0 Å². The molecule has 1 heterocycles. The molecule has 0 unspecified atom stereocenters. The van der Waals surface area contributed by atoms with Gasteiger partial charge in [-0.25, -0.2) is 0 Å². The van der Waals surface area contributed by atoms with Crippen molar-refractivity contribution >= 4 is 11.8 Å². The molecule has 1 saturated heterocycles. The zero-order chi connectivity index (χ0) is 16.2. The fourth-order valence-electron chi connectivity index (χ4n) is 3.83. The minimum absolute atomic E-state index is 0.0140. The van der Waals surface area contributed by atoms with Gasteiger partial charge < -0.3 is 11.1 Å². The van der Waals surface area contributed by atoms with Crippen LogP contribution in [0, 0.1) is 0 Å². The van der Waals surface area contributed by atoms with Crippen molar-refractivity contribution in [2.24, 2.45) is 5.73 Å². The summed E-state index contributed by atoms with van der Waals surface area (Å²) in [5.74, 6) is -0.333. The van der Waals surface area contributed by atoms with Gasteiger partial charge in [0.05, 0.1) is 18.6 Å². The van der Waals surface area contributed by atoms with Crippen LogP contribution in [0.2, 0.25) is 0 Å². The number of nitrogens with one attached hydrogen (secondary N) is 1. The number of primary amides is 1. The Labute approximate surface area is 137 Å². The molecular formula is C18H25N3O2. The number of amides is 2. The van der Waals surface area contributed by atoms with Gasteiger partial charge in [0.1, 0.15) is 0 Å². The number of fused-ring (bicyclic) bond motifs is 1. The lowest BCUT2D eigenvalue weighted by Gasteiger charge is -2.34. The van der Waals surface area contributed by atoms with Gasteiger partial charge in [0.2, 0.25) is 11.8 Å². The highest BCUT2D eigenvalue weighted by Gasteiger charge is 2.29.